The molecule has 0 aliphatic carbocycles. The number of aryl methyl sites for hydroxylation is 1. The van der Waals surface area contributed by atoms with Gasteiger partial charge in [-0.1, -0.05) is 60.3 Å². The molecule has 3 aromatic heterocycles. The standard InChI is InChI=1S/C23H18N4OS2/c1-16-20(12-13-28-16)21-25-26-23(27(21)19-10-6-3-7-11-19)30-15-18-14-29-22(24-18)17-8-4-2-5-9-17/h2-14H,15H2,1H3. The van der Waals surface area contributed by atoms with E-state index < -0.39 is 0 Å². The average Bonchev–Trinajstić information content (AvgIpc) is 3.53. The molecule has 0 atom stereocenters. The molecule has 0 saturated carbocycles. The SMILES string of the molecule is Cc1occc1-c1nnc(SCc2csc(-c3ccccc3)n2)n1-c1ccccc1. The molecule has 5 rings (SSSR count). The van der Waals surface area contributed by atoms with Crippen molar-refractivity contribution in [1.82, 2.24) is 19.7 Å². The third-order valence-corrected chi connectivity index (χ3v) is 6.57. The van der Waals surface area contributed by atoms with Gasteiger partial charge in [0.1, 0.15) is 10.8 Å². The van der Waals surface area contributed by atoms with Crippen LogP contribution in [-0.4, -0.2) is 19.7 Å². The molecule has 0 N–H and O–H groups in total. The topological polar surface area (TPSA) is 56.7 Å². The lowest BCUT2D eigenvalue weighted by Gasteiger charge is -2.09. The lowest BCUT2D eigenvalue weighted by atomic mass is 10.2. The summed E-state index contributed by atoms with van der Waals surface area (Å²) in [5.41, 5.74) is 4.14. The van der Waals surface area contributed by atoms with Gasteiger partial charge in [-0.25, -0.2) is 4.98 Å². The maximum atomic E-state index is 5.50. The minimum atomic E-state index is 0.721. The zero-order valence-corrected chi connectivity index (χ0v) is 17.9. The summed E-state index contributed by atoms with van der Waals surface area (Å²) in [4.78, 5) is 4.79. The Labute approximate surface area is 182 Å². The van der Waals surface area contributed by atoms with Gasteiger partial charge in [0.2, 0.25) is 0 Å². The van der Waals surface area contributed by atoms with Gasteiger partial charge in [-0.3, -0.25) is 4.57 Å². The van der Waals surface area contributed by atoms with Gasteiger partial charge < -0.3 is 4.42 Å². The lowest BCUT2D eigenvalue weighted by molar-refractivity contribution is 0.535. The first-order valence-corrected chi connectivity index (χ1v) is 11.3. The van der Waals surface area contributed by atoms with Gasteiger partial charge >= 0.3 is 0 Å². The maximum absolute atomic E-state index is 5.50. The first-order chi connectivity index (χ1) is 14.8. The van der Waals surface area contributed by atoms with E-state index in [2.05, 4.69) is 44.4 Å². The first kappa shape index (κ1) is 18.8. The van der Waals surface area contributed by atoms with Gasteiger partial charge in [0.15, 0.2) is 11.0 Å². The van der Waals surface area contributed by atoms with Gasteiger partial charge in [0.05, 0.1) is 17.5 Å². The Kier molecular flexibility index (Phi) is 5.21. The summed E-state index contributed by atoms with van der Waals surface area (Å²) in [7, 11) is 0. The Morgan fingerprint density at radius 3 is 2.47 bits per heavy atom. The van der Waals surface area contributed by atoms with Crippen molar-refractivity contribution in [1.29, 1.82) is 0 Å². The van der Waals surface area contributed by atoms with Crippen LogP contribution in [0.2, 0.25) is 0 Å². The molecule has 5 nitrogen and oxygen atoms in total. The molecule has 5 aromatic rings. The zero-order valence-electron chi connectivity index (χ0n) is 16.2. The Hall–Kier alpha value is -3.16. The third-order valence-electron chi connectivity index (χ3n) is 4.67. The van der Waals surface area contributed by atoms with Crippen LogP contribution < -0.4 is 0 Å². The largest absolute Gasteiger partial charge is 0.469 e. The van der Waals surface area contributed by atoms with Gasteiger partial charge in [-0.05, 0) is 25.1 Å². The average molecular weight is 431 g/mol. The Morgan fingerprint density at radius 1 is 0.967 bits per heavy atom. The number of nitrogens with zero attached hydrogens (tertiary/aromatic N) is 4. The molecule has 0 fully saturated rings. The minimum Gasteiger partial charge on any atom is -0.469 e. The van der Waals surface area contributed by atoms with Crippen molar-refractivity contribution in [2.45, 2.75) is 17.8 Å². The second kappa shape index (κ2) is 8.30. The van der Waals surface area contributed by atoms with E-state index in [0.29, 0.717) is 0 Å². The fraction of sp³-hybridized carbons (Fsp3) is 0.0870. The van der Waals surface area contributed by atoms with E-state index >= 15 is 0 Å². The van der Waals surface area contributed by atoms with E-state index in [0.717, 1.165) is 50.0 Å². The highest BCUT2D eigenvalue weighted by molar-refractivity contribution is 7.98. The molecule has 30 heavy (non-hydrogen) atoms. The van der Waals surface area contributed by atoms with Gasteiger partial charge in [0, 0.05) is 22.4 Å². The smallest absolute Gasteiger partial charge is 0.196 e. The predicted octanol–water partition coefficient (Wildman–Crippen LogP) is 6.25. The van der Waals surface area contributed by atoms with Crippen LogP contribution >= 0.6 is 23.1 Å². The van der Waals surface area contributed by atoms with E-state index in [1.165, 1.54) is 0 Å². The summed E-state index contributed by atoms with van der Waals surface area (Å²) in [6.07, 6.45) is 1.68. The first-order valence-electron chi connectivity index (χ1n) is 9.47. The fourth-order valence-electron chi connectivity index (χ4n) is 3.19. The van der Waals surface area contributed by atoms with E-state index in [1.54, 1.807) is 29.4 Å². The van der Waals surface area contributed by atoms with Crippen molar-refractivity contribution in [2.75, 3.05) is 0 Å². The number of para-hydroxylation sites is 1. The molecular formula is C23H18N4OS2. The van der Waals surface area contributed by atoms with Crippen molar-refractivity contribution < 1.29 is 4.42 Å². The number of thiazole rings is 1. The van der Waals surface area contributed by atoms with Crippen LogP contribution in [0.3, 0.4) is 0 Å². The van der Waals surface area contributed by atoms with Crippen molar-refractivity contribution in [2.24, 2.45) is 0 Å². The van der Waals surface area contributed by atoms with Crippen LogP contribution in [0.5, 0.6) is 0 Å². The summed E-state index contributed by atoms with van der Waals surface area (Å²) in [5, 5.41) is 12.9. The molecule has 3 heterocycles. The second-order valence-electron chi connectivity index (χ2n) is 6.67. The highest BCUT2D eigenvalue weighted by atomic mass is 32.2. The zero-order chi connectivity index (χ0) is 20.3. The minimum absolute atomic E-state index is 0.721. The van der Waals surface area contributed by atoms with Crippen molar-refractivity contribution in [3.8, 4) is 27.6 Å². The molecule has 7 heteroatoms. The van der Waals surface area contributed by atoms with Crippen LogP contribution in [0.25, 0.3) is 27.6 Å². The Balaban J connectivity index is 1.45. The van der Waals surface area contributed by atoms with Gasteiger partial charge in [0.25, 0.3) is 0 Å². The number of hydrogen-bond acceptors (Lipinski definition) is 6. The number of thioether (sulfide) groups is 1. The Morgan fingerprint density at radius 2 is 1.73 bits per heavy atom. The van der Waals surface area contributed by atoms with Crippen LogP contribution in [0.4, 0.5) is 0 Å². The van der Waals surface area contributed by atoms with E-state index in [4.69, 9.17) is 9.40 Å². The molecule has 2 aromatic carbocycles. The van der Waals surface area contributed by atoms with Crippen LogP contribution in [-0.2, 0) is 5.75 Å². The van der Waals surface area contributed by atoms with E-state index in [1.807, 2.05) is 49.4 Å². The predicted molar refractivity (Wildman–Crippen MR) is 121 cm³/mol. The number of furan rings is 1. The monoisotopic (exact) mass is 430 g/mol. The summed E-state index contributed by atoms with van der Waals surface area (Å²) >= 11 is 3.29. The number of benzene rings is 2. The number of aromatic nitrogens is 4. The second-order valence-corrected chi connectivity index (χ2v) is 8.47. The van der Waals surface area contributed by atoms with Crippen molar-refractivity contribution >= 4 is 23.1 Å². The highest BCUT2D eigenvalue weighted by Crippen LogP contribution is 2.32. The summed E-state index contributed by atoms with van der Waals surface area (Å²) in [6, 6.07) is 22.3. The van der Waals surface area contributed by atoms with Crippen molar-refractivity contribution in [3.05, 3.63) is 89.8 Å². The summed E-state index contributed by atoms with van der Waals surface area (Å²) < 4.78 is 7.57. The molecule has 0 spiro atoms. The molecule has 0 radical (unpaired) electrons. The maximum Gasteiger partial charge on any atom is 0.196 e. The van der Waals surface area contributed by atoms with Gasteiger partial charge in [-0.2, -0.15) is 0 Å². The molecule has 0 amide bonds. The molecule has 0 bridgehead atoms. The van der Waals surface area contributed by atoms with Crippen molar-refractivity contribution in [3.63, 3.8) is 0 Å². The lowest BCUT2D eigenvalue weighted by Crippen LogP contribution is -1.99. The normalized spacial score (nSPS) is 11.1. The number of hydrogen-bond donors (Lipinski definition) is 0. The van der Waals surface area contributed by atoms with Crippen LogP contribution in [0.1, 0.15) is 11.5 Å². The molecule has 0 saturated heterocycles. The molecule has 148 valence electrons. The quantitative estimate of drug-likeness (QED) is 0.298. The van der Waals surface area contributed by atoms with E-state index in [9.17, 15) is 0 Å². The summed E-state index contributed by atoms with van der Waals surface area (Å²) in [6.45, 7) is 1.94. The fourth-order valence-corrected chi connectivity index (χ4v) is 4.97. The van der Waals surface area contributed by atoms with Gasteiger partial charge in [-0.15, -0.1) is 21.5 Å². The highest BCUT2D eigenvalue weighted by Gasteiger charge is 2.19. The molecule has 0 aliphatic heterocycles. The van der Waals surface area contributed by atoms with Crippen LogP contribution in [0, 0.1) is 6.92 Å². The van der Waals surface area contributed by atoms with Crippen LogP contribution in [0.15, 0.2) is 87.9 Å². The Bertz CT molecular complexity index is 1260. The number of rotatable bonds is 6. The van der Waals surface area contributed by atoms with E-state index in [-0.39, 0.29) is 0 Å². The molecule has 0 aliphatic rings. The molecule has 0 unspecified atom stereocenters. The summed E-state index contributed by atoms with van der Waals surface area (Å²) in [5.74, 6) is 2.32. The third kappa shape index (κ3) is 3.69. The molecular weight excluding hydrogens is 412 g/mol.